The zero-order valence-electron chi connectivity index (χ0n) is 10.2. The highest BCUT2D eigenvalue weighted by atomic mass is 127. The maximum atomic E-state index is 11.8. The zero-order valence-corrected chi connectivity index (χ0v) is 12.3. The van der Waals surface area contributed by atoms with Gasteiger partial charge in [0, 0.05) is 29.1 Å². The molecule has 18 heavy (non-hydrogen) atoms. The first-order chi connectivity index (χ1) is 8.71. The zero-order chi connectivity index (χ0) is 13.1. The standard InChI is InChI=1S/C13H13IN2O2/c1-15-13(17)10-5-9-8(7-14)3-4-16-11(9)6-12(10)18-2/h3-6H,7H2,1-2H3,(H,15,17). The second-order valence-corrected chi connectivity index (χ2v) is 4.52. The van der Waals surface area contributed by atoms with Gasteiger partial charge in [-0.25, -0.2) is 0 Å². The number of pyridine rings is 1. The molecule has 0 radical (unpaired) electrons. The van der Waals surface area contributed by atoms with E-state index >= 15 is 0 Å². The van der Waals surface area contributed by atoms with Gasteiger partial charge in [0.05, 0.1) is 18.2 Å². The van der Waals surface area contributed by atoms with Crippen molar-refractivity contribution in [3.8, 4) is 5.75 Å². The SMILES string of the molecule is CNC(=O)c1cc2c(CI)ccnc2cc1OC. The molecule has 0 aliphatic heterocycles. The van der Waals surface area contributed by atoms with Crippen LogP contribution in [0.5, 0.6) is 5.75 Å². The molecule has 0 bridgehead atoms. The van der Waals surface area contributed by atoms with Gasteiger partial charge in [-0.1, -0.05) is 22.6 Å². The highest BCUT2D eigenvalue weighted by Gasteiger charge is 2.14. The second kappa shape index (κ2) is 5.51. The molecular weight excluding hydrogens is 343 g/mol. The Balaban J connectivity index is 2.73. The van der Waals surface area contributed by atoms with Crippen LogP contribution in [-0.4, -0.2) is 25.0 Å². The molecular formula is C13H13IN2O2. The van der Waals surface area contributed by atoms with Crippen LogP contribution in [0.15, 0.2) is 24.4 Å². The molecule has 0 aliphatic rings. The van der Waals surface area contributed by atoms with Crippen molar-refractivity contribution in [3.63, 3.8) is 0 Å². The largest absolute Gasteiger partial charge is 0.496 e. The third kappa shape index (κ3) is 2.27. The van der Waals surface area contributed by atoms with Crippen LogP contribution >= 0.6 is 22.6 Å². The van der Waals surface area contributed by atoms with Crippen LogP contribution in [0.2, 0.25) is 0 Å². The van der Waals surface area contributed by atoms with Crippen molar-refractivity contribution in [3.05, 3.63) is 35.5 Å². The summed E-state index contributed by atoms with van der Waals surface area (Å²) in [6, 6.07) is 5.61. The number of alkyl halides is 1. The number of rotatable bonds is 3. The molecule has 1 N–H and O–H groups in total. The number of fused-ring (bicyclic) bond motifs is 1. The molecule has 0 spiro atoms. The highest BCUT2D eigenvalue weighted by Crippen LogP contribution is 2.27. The van der Waals surface area contributed by atoms with Gasteiger partial charge in [0.25, 0.3) is 5.91 Å². The predicted molar refractivity (Wildman–Crippen MR) is 79.4 cm³/mol. The quantitative estimate of drug-likeness (QED) is 0.679. The minimum absolute atomic E-state index is 0.156. The Morgan fingerprint density at radius 2 is 2.28 bits per heavy atom. The Kier molecular flexibility index (Phi) is 4.00. The molecule has 0 atom stereocenters. The van der Waals surface area contributed by atoms with Gasteiger partial charge >= 0.3 is 0 Å². The van der Waals surface area contributed by atoms with Gasteiger partial charge in [-0.3, -0.25) is 9.78 Å². The van der Waals surface area contributed by atoms with E-state index in [-0.39, 0.29) is 5.91 Å². The van der Waals surface area contributed by atoms with Gasteiger partial charge in [-0.15, -0.1) is 0 Å². The van der Waals surface area contributed by atoms with E-state index in [0.29, 0.717) is 11.3 Å². The number of nitrogens with zero attached hydrogens (tertiary/aromatic N) is 1. The molecule has 1 aromatic carbocycles. The first-order valence-corrected chi connectivity index (χ1v) is 6.97. The number of ether oxygens (including phenoxy) is 1. The Labute approximate surface area is 119 Å². The summed E-state index contributed by atoms with van der Waals surface area (Å²) in [4.78, 5) is 16.1. The van der Waals surface area contributed by atoms with Crippen molar-refractivity contribution in [2.24, 2.45) is 0 Å². The Morgan fingerprint density at radius 3 is 2.89 bits per heavy atom. The van der Waals surface area contributed by atoms with E-state index in [1.54, 1.807) is 26.4 Å². The molecule has 0 aliphatic carbocycles. The van der Waals surface area contributed by atoms with E-state index in [1.807, 2.05) is 12.1 Å². The summed E-state index contributed by atoms with van der Waals surface area (Å²) in [7, 11) is 3.16. The molecule has 2 aromatic rings. The number of halogens is 1. The molecule has 1 heterocycles. The number of benzene rings is 1. The lowest BCUT2D eigenvalue weighted by atomic mass is 10.1. The van der Waals surface area contributed by atoms with Gasteiger partial charge < -0.3 is 10.1 Å². The average Bonchev–Trinajstić information content (AvgIpc) is 2.44. The number of aromatic nitrogens is 1. The van der Waals surface area contributed by atoms with Crippen LogP contribution < -0.4 is 10.1 Å². The Bertz CT molecular complexity index is 599. The van der Waals surface area contributed by atoms with Gasteiger partial charge in [0.2, 0.25) is 0 Å². The van der Waals surface area contributed by atoms with E-state index in [0.717, 1.165) is 20.9 Å². The van der Waals surface area contributed by atoms with Crippen LogP contribution in [0.3, 0.4) is 0 Å². The van der Waals surface area contributed by atoms with E-state index in [9.17, 15) is 4.79 Å². The predicted octanol–water partition coefficient (Wildman–Crippen LogP) is 2.54. The summed E-state index contributed by atoms with van der Waals surface area (Å²) in [6.07, 6.45) is 1.77. The van der Waals surface area contributed by atoms with Crippen LogP contribution in [0, 0.1) is 0 Å². The molecule has 0 unspecified atom stereocenters. The Morgan fingerprint density at radius 1 is 1.50 bits per heavy atom. The molecule has 5 heteroatoms. The molecule has 4 nitrogen and oxygen atoms in total. The van der Waals surface area contributed by atoms with Crippen LogP contribution in [0.1, 0.15) is 15.9 Å². The smallest absolute Gasteiger partial charge is 0.254 e. The lowest BCUT2D eigenvalue weighted by Gasteiger charge is -2.10. The van der Waals surface area contributed by atoms with Gasteiger partial charge in [-0.05, 0) is 17.7 Å². The molecule has 2 rings (SSSR count). The van der Waals surface area contributed by atoms with E-state index in [1.165, 1.54) is 0 Å². The molecule has 1 amide bonds. The van der Waals surface area contributed by atoms with Gasteiger partial charge in [0.15, 0.2) is 0 Å². The van der Waals surface area contributed by atoms with Gasteiger partial charge in [0.1, 0.15) is 5.75 Å². The summed E-state index contributed by atoms with van der Waals surface area (Å²) in [6.45, 7) is 0. The summed E-state index contributed by atoms with van der Waals surface area (Å²) in [5.74, 6) is 0.386. The van der Waals surface area contributed by atoms with Crippen LogP contribution in [0.4, 0.5) is 0 Å². The highest BCUT2D eigenvalue weighted by molar-refractivity contribution is 14.1. The topological polar surface area (TPSA) is 51.2 Å². The summed E-state index contributed by atoms with van der Waals surface area (Å²) < 4.78 is 6.12. The number of methoxy groups -OCH3 is 1. The minimum atomic E-state index is -0.156. The maximum absolute atomic E-state index is 11.8. The third-order valence-corrected chi connectivity index (χ3v) is 3.59. The van der Waals surface area contributed by atoms with Crippen molar-refractivity contribution in [2.75, 3.05) is 14.2 Å². The minimum Gasteiger partial charge on any atom is -0.496 e. The number of hydrogen-bond donors (Lipinski definition) is 1. The first kappa shape index (κ1) is 13.1. The number of nitrogens with one attached hydrogen (secondary N) is 1. The van der Waals surface area contributed by atoms with Crippen molar-refractivity contribution < 1.29 is 9.53 Å². The third-order valence-electron chi connectivity index (χ3n) is 2.77. The summed E-state index contributed by atoms with van der Waals surface area (Å²) in [5.41, 5.74) is 2.54. The molecule has 0 saturated heterocycles. The lowest BCUT2D eigenvalue weighted by molar-refractivity contribution is 0.0960. The monoisotopic (exact) mass is 356 g/mol. The fraction of sp³-hybridized carbons (Fsp3) is 0.231. The lowest BCUT2D eigenvalue weighted by Crippen LogP contribution is -2.18. The van der Waals surface area contributed by atoms with Gasteiger partial charge in [-0.2, -0.15) is 0 Å². The molecule has 0 saturated carbocycles. The van der Waals surface area contributed by atoms with Crippen molar-refractivity contribution >= 4 is 39.4 Å². The first-order valence-electron chi connectivity index (χ1n) is 5.45. The summed E-state index contributed by atoms with van der Waals surface area (Å²) >= 11 is 2.30. The van der Waals surface area contributed by atoms with Crippen molar-refractivity contribution in [2.45, 2.75) is 4.43 Å². The fourth-order valence-electron chi connectivity index (χ4n) is 1.83. The Hall–Kier alpha value is -1.37. The van der Waals surface area contributed by atoms with E-state index in [2.05, 4.69) is 32.9 Å². The van der Waals surface area contributed by atoms with Crippen LogP contribution in [-0.2, 0) is 4.43 Å². The van der Waals surface area contributed by atoms with E-state index < -0.39 is 0 Å². The fourth-order valence-corrected chi connectivity index (χ4v) is 2.49. The average molecular weight is 356 g/mol. The number of carbonyl (C=O) groups is 1. The number of hydrogen-bond acceptors (Lipinski definition) is 3. The van der Waals surface area contributed by atoms with E-state index in [4.69, 9.17) is 4.74 Å². The normalized spacial score (nSPS) is 10.4. The molecule has 1 aromatic heterocycles. The van der Waals surface area contributed by atoms with Crippen molar-refractivity contribution in [1.29, 1.82) is 0 Å². The maximum Gasteiger partial charge on any atom is 0.254 e. The molecule has 0 fully saturated rings. The molecule has 94 valence electrons. The van der Waals surface area contributed by atoms with Crippen molar-refractivity contribution in [1.82, 2.24) is 10.3 Å². The van der Waals surface area contributed by atoms with Crippen LogP contribution in [0.25, 0.3) is 10.9 Å². The number of carbonyl (C=O) groups excluding carboxylic acids is 1. The summed E-state index contributed by atoms with van der Waals surface area (Å²) in [5, 5.41) is 3.61. The number of amides is 1. The second-order valence-electron chi connectivity index (χ2n) is 3.75.